The van der Waals surface area contributed by atoms with E-state index in [1.807, 2.05) is 6.07 Å². The number of carbonyl (C=O) groups is 1. The standard InChI is InChI=1S/C20H18ClN3O4/c21-13-10-22-20(23-11-13)27-15-7-5-14(6-8-15)24-18(25)16-9-12-3-1-2-4-17(12)28-19(16)26/h1-4,9-11,14-15H,5-8H2,(H,24,25). The number of nitrogens with zero attached hydrogens (tertiary/aromatic N) is 2. The van der Waals surface area contributed by atoms with Crippen LogP contribution in [0.5, 0.6) is 6.01 Å². The van der Waals surface area contributed by atoms with Crippen LogP contribution in [0.1, 0.15) is 36.0 Å². The highest BCUT2D eigenvalue weighted by Crippen LogP contribution is 2.23. The van der Waals surface area contributed by atoms with Crippen LogP contribution >= 0.6 is 11.6 Å². The number of amides is 1. The quantitative estimate of drug-likeness (QED) is 0.676. The molecule has 1 fully saturated rings. The summed E-state index contributed by atoms with van der Waals surface area (Å²) in [6, 6.07) is 8.95. The first-order valence-corrected chi connectivity index (χ1v) is 9.44. The fraction of sp³-hybridized carbons (Fsp3) is 0.300. The van der Waals surface area contributed by atoms with E-state index >= 15 is 0 Å². The van der Waals surface area contributed by atoms with Crippen molar-refractivity contribution in [2.24, 2.45) is 0 Å². The second-order valence-corrected chi connectivity index (χ2v) is 7.17. The van der Waals surface area contributed by atoms with E-state index in [2.05, 4.69) is 15.3 Å². The third kappa shape index (κ3) is 4.14. The van der Waals surface area contributed by atoms with Gasteiger partial charge >= 0.3 is 11.6 Å². The zero-order chi connectivity index (χ0) is 19.5. The molecule has 3 aromatic rings. The lowest BCUT2D eigenvalue weighted by atomic mass is 9.93. The fourth-order valence-corrected chi connectivity index (χ4v) is 3.42. The first-order valence-electron chi connectivity index (χ1n) is 9.06. The molecule has 2 heterocycles. The van der Waals surface area contributed by atoms with Crippen molar-refractivity contribution in [1.82, 2.24) is 15.3 Å². The predicted octanol–water partition coefficient (Wildman–Crippen LogP) is 3.36. The Balaban J connectivity index is 1.35. The van der Waals surface area contributed by atoms with Gasteiger partial charge in [-0.15, -0.1) is 0 Å². The van der Waals surface area contributed by atoms with Gasteiger partial charge in [0.05, 0.1) is 17.4 Å². The number of nitrogens with one attached hydrogen (secondary N) is 1. The molecule has 2 aromatic heterocycles. The largest absolute Gasteiger partial charge is 0.460 e. The van der Waals surface area contributed by atoms with Crippen LogP contribution in [-0.4, -0.2) is 28.0 Å². The highest BCUT2D eigenvalue weighted by atomic mass is 35.5. The lowest BCUT2D eigenvalue weighted by Crippen LogP contribution is -2.41. The molecule has 0 atom stereocenters. The van der Waals surface area contributed by atoms with E-state index in [4.69, 9.17) is 20.8 Å². The molecule has 0 aliphatic heterocycles. The number of hydrogen-bond acceptors (Lipinski definition) is 6. The van der Waals surface area contributed by atoms with Crippen LogP contribution in [0.15, 0.2) is 51.9 Å². The van der Waals surface area contributed by atoms with Crippen LogP contribution in [0.2, 0.25) is 5.02 Å². The summed E-state index contributed by atoms with van der Waals surface area (Å²) < 4.78 is 11.0. The second-order valence-electron chi connectivity index (χ2n) is 6.73. The first kappa shape index (κ1) is 18.4. The lowest BCUT2D eigenvalue weighted by molar-refractivity contribution is 0.0882. The van der Waals surface area contributed by atoms with Gasteiger partial charge < -0.3 is 14.5 Å². The number of ether oxygens (including phenoxy) is 1. The maximum absolute atomic E-state index is 12.5. The van der Waals surface area contributed by atoms with E-state index in [0.717, 1.165) is 25.7 Å². The molecule has 144 valence electrons. The highest BCUT2D eigenvalue weighted by Gasteiger charge is 2.25. The number of para-hydroxylation sites is 1. The zero-order valence-corrected chi connectivity index (χ0v) is 15.7. The van der Waals surface area contributed by atoms with Crippen LogP contribution in [0.4, 0.5) is 0 Å². The van der Waals surface area contributed by atoms with Gasteiger partial charge in [0.1, 0.15) is 17.3 Å². The Hall–Kier alpha value is -2.93. The molecule has 1 aliphatic carbocycles. The third-order valence-electron chi connectivity index (χ3n) is 4.76. The Morgan fingerprint density at radius 3 is 2.61 bits per heavy atom. The Bertz CT molecular complexity index is 1040. The van der Waals surface area contributed by atoms with E-state index in [-0.39, 0.29) is 17.7 Å². The van der Waals surface area contributed by atoms with Crippen molar-refractivity contribution < 1.29 is 13.9 Å². The Kier molecular flexibility index (Phi) is 5.25. The number of benzene rings is 1. The van der Waals surface area contributed by atoms with Crippen LogP contribution in [0.25, 0.3) is 11.0 Å². The van der Waals surface area contributed by atoms with Gasteiger partial charge in [-0.2, -0.15) is 0 Å². The molecule has 1 aliphatic rings. The smallest absolute Gasteiger partial charge is 0.349 e. The van der Waals surface area contributed by atoms with Gasteiger partial charge in [-0.25, -0.2) is 14.8 Å². The summed E-state index contributed by atoms with van der Waals surface area (Å²) in [6.45, 7) is 0. The molecule has 28 heavy (non-hydrogen) atoms. The summed E-state index contributed by atoms with van der Waals surface area (Å²) >= 11 is 5.77. The fourth-order valence-electron chi connectivity index (χ4n) is 3.32. The summed E-state index contributed by atoms with van der Waals surface area (Å²) in [4.78, 5) is 32.7. The van der Waals surface area contributed by atoms with E-state index in [0.29, 0.717) is 22.0 Å². The van der Waals surface area contributed by atoms with Crippen molar-refractivity contribution >= 4 is 28.5 Å². The predicted molar refractivity (Wildman–Crippen MR) is 104 cm³/mol. The van der Waals surface area contributed by atoms with Crippen molar-refractivity contribution in [3.05, 3.63) is 63.7 Å². The van der Waals surface area contributed by atoms with Gasteiger partial charge in [0.15, 0.2) is 0 Å². The first-order chi connectivity index (χ1) is 13.6. The maximum Gasteiger partial charge on any atom is 0.349 e. The summed E-state index contributed by atoms with van der Waals surface area (Å²) in [6.07, 6.45) is 5.95. The highest BCUT2D eigenvalue weighted by molar-refractivity contribution is 6.30. The third-order valence-corrected chi connectivity index (χ3v) is 4.96. The molecule has 1 amide bonds. The maximum atomic E-state index is 12.5. The molecular formula is C20H18ClN3O4. The van der Waals surface area contributed by atoms with E-state index in [9.17, 15) is 9.59 Å². The average molecular weight is 400 g/mol. The summed E-state index contributed by atoms with van der Waals surface area (Å²) in [5.74, 6) is -0.412. The number of fused-ring (bicyclic) bond motifs is 1. The normalized spacial score (nSPS) is 19.3. The Labute approximate surface area is 165 Å². The van der Waals surface area contributed by atoms with Crippen molar-refractivity contribution in [1.29, 1.82) is 0 Å². The van der Waals surface area contributed by atoms with Crippen molar-refractivity contribution in [2.45, 2.75) is 37.8 Å². The van der Waals surface area contributed by atoms with E-state index in [1.165, 1.54) is 12.4 Å². The molecule has 0 saturated heterocycles. The van der Waals surface area contributed by atoms with Crippen molar-refractivity contribution in [3.63, 3.8) is 0 Å². The molecule has 1 N–H and O–H groups in total. The monoisotopic (exact) mass is 399 g/mol. The van der Waals surface area contributed by atoms with Gasteiger partial charge in [0.25, 0.3) is 5.91 Å². The van der Waals surface area contributed by atoms with Gasteiger partial charge in [0, 0.05) is 11.4 Å². The van der Waals surface area contributed by atoms with Crippen LogP contribution in [0, 0.1) is 0 Å². The van der Waals surface area contributed by atoms with Crippen LogP contribution in [0.3, 0.4) is 0 Å². The molecule has 4 rings (SSSR count). The van der Waals surface area contributed by atoms with Gasteiger partial charge in [0.2, 0.25) is 0 Å². The van der Waals surface area contributed by atoms with Gasteiger partial charge in [-0.1, -0.05) is 29.8 Å². The molecule has 0 radical (unpaired) electrons. The summed E-state index contributed by atoms with van der Waals surface area (Å²) in [7, 11) is 0. The molecular weight excluding hydrogens is 382 g/mol. The molecule has 8 heteroatoms. The summed E-state index contributed by atoms with van der Waals surface area (Å²) in [5.41, 5.74) is -0.147. The molecule has 7 nitrogen and oxygen atoms in total. The Morgan fingerprint density at radius 2 is 1.86 bits per heavy atom. The lowest BCUT2D eigenvalue weighted by Gasteiger charge is -2.28. The Morgan fingerprint density at radius 1 is 1.14 bits per heavy atom. The van der Waals surface area contributed by atoms with E-state index in [1.54, 1.807) is 24.3 Å². The number of halogens is 1. The molecule has 0 unspecified atom stereocenters. The minimum atomic E-state index is -0.631. The molecule has 1 saturated carbocycles. The average Bonchev–Trinajstić information content (AvgIpc) is 2.70. The number of hydrogen-bond donors (Lipinski definition) is 1. The van der Waals surface area contributed by atoms with Crippen molar-refractivity contribution in [2.75, 3.05) is 0 Å². The second kappa shape index (κ2) is 7.98. The molecule has 1 aromatic carbocycles. The number of carbonyl (C=O) groups excluding carboxylic acids is 1. The van der Waals surface area contributed by atoms with E-state index < -0.39 is 11.5 Å². The van der Waals surface area contributed by atoms with Crippen LogP contribution in [-0.2, 0) is 0 Å². The SMILES string of the molecule is O=C(NC1CCC(Oc2ncc(Cl)cn2)CC1)c1cc2ccccc2oc1=O. The molecule has 0 bridgehead atoms. The summed E-state index contributed by atoms with van der Waals surface area (Å²) in [5, 5.41) is 4.10. The van der Waals surface area contributed by atoms with Crippen molar-refractivity contribution in [3.8, 4) is 6.01 Å². The topological polar surface area (TPSA) is 94.3 Å². The van der Waals surface area contributed by atoms with Gasteiger partial charge in [-0.3, -0.25) is 4.79 Å². The number of aromatic nitrogens is 2. The number of rotatable bonds is 4. The minimum Gasteiger partial charge on any atom is -0.460 e. The minimum absolute atomic E-state index is 0.0138. The van der Waals surface area contributed by atoms with Crippen LogP contribution < -0.4 is 15.7 Å². The zero-order valence-electron chi connectivity index (χ0n) is 14.9. The molecule has 0 spiro atoms. The van der Waals surface area contributed by atoms with Gasteiger partial charge in [-0.05, 0) is 37.8 Å².